The summed E-state index contributed by atoms with van der Waals surface area (Å²) >= 11 is 0. The van der Waals surface area contributed by atoms with E-state index < -0.39 is 27.4 Å². The van der Waals surface area contributed by atoms with Crippen molar-refractivity contribution < 1.29 is 22.7 Å². The van der Waals surface area contributed by atoms with Crippen molar-refractivity contribution in [2.75, 3.05) is 19.7 Å². The van der Waals surface area contributed by atoms with Crippen LogP contribution < -0.4 is 5.32 Å². The monoisotopic (exact) mass is 422 g/mol. The van der Waals surface area contributed by atoms with Gasteiger partial charge >= 0.3 is 5.97 Å². The largest absolute Gasteiger partial charge is 0.464 e. The zero-order valence-corrected chi connectivity index (χ0v) is 17.8. The van der Waals surface area contributed by atoms with Gasteiger partial charge in [0.1, 0.15) is 5.54 Å². The SMILES string of the molecule is CCOC(=O)C1(NC(=O)c2ccc(S(=O)(=O)N3CCCCCC3)cc2)CCCC1. The van der Waals surface area contributed by atoms with E-state index in [1.165, 1.54) is 28.6 Å². The molecule has 1 amide bonds. The fourth-order valence-corrected chi connectivity index (χ4v) is 5.64. The summed E-state index contributed by atoms with van der Waals surface area (Å²) in [5.41, 5.74) is -0.653. The third-order valence-electron chi connectivity index (χ3n) is 5.80. The highest BCUT2D eigenvalue weighted by Gasteiger charge is 2.44. The Morgan fingerprint density at radius 2 is 1.59 bits per heavy atom. The molecular formula is C21H30N2O5S. The summed E-state index contributed by atoms with van der Waals surface area (Å²) in [6, 6.07) is 5.96. The Labute approximate surface area is 172 Å². The Morgan fingerprint density at radius 3 is 2.14 bits per heavy atom. The van der Waals surface area contributed by atoms with Gasteiger partial charge in [-0.05, 0) is 56.9 Å². The highest BCUT2D eigenvalue weighted by Crippen LogP contribution is 2.31. The first kappa shape index (κ1) is 21.8. The summed E-state index contributed by atoms with van der Waals surface area (Å²) in [6.45, 7) is 3.07. The normalized spacial score (nSPS) is 20.0. The second-order valence-electron chi connectivity index (χ2n) is 7.81. The van der Waals surface area contributed by atoms with E-state index >= 15 is 0 Å². The summed E-state index contributed by atoms with van der Waals surface area (Å²) in [6.07, 6.45) is 6.65. The highest BCUT2D eigenvalue weighted by molar-refractivity contribution is 7.89. The second-order valence-corrected chi connectivity index (χ2v) is 9.74. The number of nitrogens with one attached hydrogen (secondary N) is 1. The fraction of sp³-hybridized carbons (Fsp3) is 0.619. The average molecular weight is 423 g/mol. The van der Waals surface area contributed by atoms with Crippen LogP contribution in [0.3, 0.4) is 0 Å². The van der Waals surface area contributed by atoms with Crippen LogP contribution in [0, 0.1) is 0 Å². The molecule has 1 N–H and O–H groups in total. The molecule has 1 aromatic rings. The van der Waals surface area contributed by atoms with Crippen LogP contribution in [0.1, 0.15) is 68.6 Å². The average Bonchev–Trinajstić information content (AvgIpc) is 3.01. The molecule has 0 bridgehead atoms. The van der Waals surface area contributed by atoms with Gasteiger partial charge in [-0.1, -0.05) is 25.7 Å². The Bertz CT molecular complexity index is 821. The zero-order valence-electron chi connectivity index (χ0n) is 17.0. The van der Waals surface area contributed by atoms with Gasteiger partial charge in [-0.3, -0.25) is 4.79 Å². The molecule has 160 valence electrons. The van der Waals surface area contributed by atoms with Gasteiger partial charge in [0.2, 0.25) is 10.0 Å². The Kier molecular flexibility index (Phi) is 6.95. The van der Waals surface area contributed by atoms with Gasteiger partial charge in [0.15, 0.2) is 0 Å². The summed E-state index contributed by atoms with van der Waals surface area (Å²) in [4.78, 5) is 25.3. The number of benzene rings is 1. The van der Waals surface area contributed by atoms with E-state index in [9.17, 15) is 18.0 Å². The minimum Gasteiger partial charge on any atom is -0.464 e. The molecule has 2 aliphatic rings. The quantitative estimate of drug-likeness (QED) is 0.712. The highest BCUT2D eigenvalue weighted by atomic mass is 32.2. The molecule has 8 heteroatoms. The lowest BCUT2D eigenvalue weighted by atomic mass is 9.97. The molecule has 0 radical (unpaired) electrons. The standard InChI is InChI=1S/C21H30N2O5S/c1-2-28-20(25)21(13-5-6-14-21)22-19(24)17-9-11-18(12-10-17)29(26,27)23-15-7-3-4-8-16-23/h9-12H,2-8,13-16H2,1H3,(H,22,24). The van der Waals surface area contributed by atoms with Crippen LogP contribution in [0.5, 0.6) is 0 Å². The molecule has 7 nitrogen and oxygen atoms in total. The molecule has 0 unspecified atom stereocenters. The Balaban J connectivity index is 1.73. The fourth-order valence-electron chi connectivity index (χ4n) is 4.13. The van der Waals surface area contributed by atoms with Gasteiger partial charge in [0.05, 0.1) is 11.5 Å². The minimum absolute atomic E-state index is 0.192. The predicted octanol–water partition coefficient (Wildman–Crippen LogP) is 2.86. The van der Waals surface area contributed by atoms with E-state index in [4.69, 9.17) is 4.74 Å². The molecule has 1 aromatic carbocycles. The van der Waals surface area contributed by atoms with Crippen molar-refractivity contribution >= 4 is 21.9 Å². The van der Waals surface area contributed by atoms with Gasteiger partial charge in [-0.2, -0.15) is 4.31 Å². The molecule has 1 heterocycles. The van der Waals surface area contributed by atoms with Gasteiger partial charge in [-0.25, -0.2) is 13.2 Å². The number of rotatable bonds is 6. The van der Waals surface area contributed by atoms with Gasteiger partial charge < -0.3 is 10.1 Å². The maximum absolute atomic E-state index is 12.9. The molecular weight excluding hydrogens is 392 g/mol. The van der Waals surface area contributed by atoms with Crippen LogP contribution in [-0.2, 0) is 19.6 Å². The predicted molar refractivity (Wildman–Crippen MR) is 109 cm³/mol. The molecule has 2 fully saturated rings. The maximum atomic E-state index is 12.9. The molecule has 1 aliphatic carbocycles. The van der Waals surface area contributed by atoms with Crippen molar-refractivity contribution in [3.8, 4) is 0 Å². The number of hydrogen-bond donors (Lipinski definition) is 1. The smallest absolute Gasteiger partial charge is 0.331 e. The molecule has 29 heavy (non-hydrogen) atoms. The molecule has 0 aromatic heterocycles. The number of esters is 1. The first-order valence-electron chi connectivity index (χ1n) is 10.5. The number of carbonyl (C=O) groups is 2. The van der Waals surface area contributed by atoms with Gasteiger partial charge in [-0.15, -0.1) is 0 Å². The van der Waals surface area contributed by atoms with Gasteiger partial charge in [0.25, 0.3) is 5.91 Å². The molecule has 0 spiro atoms. The van der Waals surface area contributed by atoms with Crippen LogP contribution in [0.4, 0.5) is 0 Å². The number of ether oxygens (including phenoxy) is 1. The molecule has 0 atom stereocenters. The molecule has 1 saturated carbocycles. The van der Waals surface area contributed by atoms with Crippen LogP contribution >= 0.6 is 0 Å². The van der Waals surface area contributed by atoms with Crippen molar-refractivity contribution in [2.24, 2.45) is 0 Å². The van der Waals surface area contributed by atoms with E-state index in [1.54, 1.807) is 6.92 Å². The number of nitrogens with zero attached hydrogens (tertiary/aromatic N) is 1. The van der Waals surface area contributed by atoms with Crippen LogP contribution in [0.15, 0.2) is 29.2 Å². The van der Waals surface area contributed by atoms with Crippen molar-refractivity contribution in [3.63, 3.8) is 0 Å². The summed E-state index contributed by atoms with van der Waals surface area (Å²) in [5, 5.41) is 2.85. The minimum atomic E-state index is -3.56. The van der Waals surface area contributed by atoms with E-state index in [0.717, 1.165) is 38.5 Å². The second kappa shape index (κ2) is 9.26. The van der Waals surface area contributed by atoms with Crippen molar-refractivity contribution in [1.82, 2.24) is 9.62 Å². The lowest BCUT2D eigenvalue weighted by Gasteiger charge is -2.27. The number of carbonyl (C=O) groups excluding carboxylic acids is 2. The third-order valence-corrected chi connectivity index (χ3v) is 7.71. The van der Waals surface area contributed by atoms with Crippen molar-refractivity contribution in [3.05, 3.63) is 29.8 Å². The number of hydrogen-bond acceptors (Lipinski definition) is 5. The first-order chi connectivity index (χ1) is 13.9. The van der Waals surface area contributed by atoms with Crippen LogP contribution in [-0.4, -0.2) is 49.8 Å². The Hall–Kier alpha value is -1.93. The first-order valence-corrected chi connectivity index (χ1v) is 11.9. The van der Waals surface area contributed by atoms with Gasteiger partial charge in [0, 0.05) is 18.7 Å². The van der Waals surface area contributed by atoms with E-state index in [0.29, 0.717) is 31.5 Å². The molecule has 1 aliphatic heterocycles. The summed E-state index contributed by atoms with van der Waals surface area (Å²) < 4.78 is 32.5. The van der Waals surface area contributed by atoms with E-state index in [2.05, 4.69) is 5.32 Å². The summed E-state index contributed by atoms with van der Waals surface area (Å²) in [7, 11) is -3.56. The zero-order chi connectivity index (χ0) is 20.9. The molecule has 3 rings (SSSR count). The lowest BCUT2D eigenvalue weighted by molar-refractivity contribution is -0.150. The van der Waals surface area contributed by atoms with Crippen LogP contribution in [0.2, 0.25) is 0 Å². The van der Waals surface area contributed by atoms with Crippen molar-refractivity contribution in [1.29, 1.82) is 0 Å². The lowest BCUT2D eigenvalue weighted by Crippen LogP contribution is -2.53. The van der Waals surface area contributed by atoms with Crippen molar-refractivity contribution in [2.45, 2.75) is 68.7 Å². The summed E-state index contributed by atoms with van der Waals surface area (Å²) in [5.74, 6) is -0.787. The topological polar surface area (TPSA) is 92.8 Å². The Morgan fingerprint density at radius 1 is 1.00 bits per heavy atom. The van der Waals surface area contributed by atoms with E-state index in [-0.39, 0.29) is 11.5 Å². The maximum Gasteiger partial charge on any atom is 0.331 e. The molecule has 1 saturated heterocycles. The third kappa shape index (κ3) is 4.80. The van der Waals surface area contributed by atoms with E-state index in [1.807, 2.05) is 0 Å². The van der Waals surface area contributed by atoms with Crippen LogP contribution in [0.25, 0.3) is 0 Å². The number of amides is 1. The number of sulfonamides is 1.